The summed E-state index contributed by atoms with van der Waals surface area (Å²) in [7, 11) is -3.79. The van der Waals surface area contributed by atoms with Gasteiger partial charge in [-0.1, -0.05) is 31.3 Å². The van der Waals surface area contributed by atoms with E-state index < -0.39 is 22.8 Å². The largest absolute Gasteiger partial charge is 0.482 e. The van der Waals surface area contributed by atoms with Crippen molar-refractivity contribution in [2.75, 3.05) is 25.0 Å². The first-order chi connectivity index (χ1) is 15.7. The first kappa shape index (κ1) is 25.3. The Bertz CT molecular complexity index is 1000. The predicted octanol–water partition coefficient (Wildman–Crippen LogP) is 4.53. The monoisotopic (exact) mass is 490 g/mol. The molecule has 0 aliphatic carbocycles. The quantitative estimate of drug-likeness (QED) is 0.523. The van der Waals surface area contributed by atoms with Gasteiger partial charge in [0.2, 0.25) is 15.9 Å². The first-order valence-corrected chi connectivity index (χ1v) is 12.5. The van der Waals surface area contributed by atoms with Crippen molar-refractivity contribution in [1.82, 2.24) is 14.4 Å². The van der Waals surface area contributed by atoms with Crippen LogP contribution in [0.1, 0.15) is 57.2 Å². The Morgan fingerprint density at radius 3 is 2.58 bits per heavy atom. The van der Waals surface area contributed by atoms with Gasteiger partial charge in [-0.25, -0.2) is 8.42 Å². The molecule has 33 heavy (non-hydrogen) atoms. The van der Waals surface area contributed by atoms with Crippen molar-refractivity contribution in [3.05, 3.63) is 29.9 Å². The van der Waals surface area contributed by atoms with Gasteiger partial charge in [-0.05, 0) is 37.5 Å². The van der Waals surface area contributed by atoms with Crippen LogP contribution in [-0.2, 0) is 23.0 Å². The molecule has 0 amide bonds. The Hall–Kier alpha value is -2.34. The Morgan fingerprint density at radius 1 is 1.18 bits per heavy atom. The number of halogens is 3. The van der Waals surface area contributed by atoms with Crippen molar-refractivity contribution in [1.29, 1.82) is 0 Å². The summed E-state index contributed by atoms with van der Waals surface area (Å²) in [4.78, 5) is 4.23. The number of hydrogen-bond donors (Lipinski definition) is 1. The molecule has 0 radical (unpaired) electrons. The van der Waals surface area contributed by atoms with E-state index in [1.807, 2.05) is 6.92 Å². The maximum Gasteiger partial charge on any atom is 0.422 e. The van der Waals surface area contributed by atoms with E-state index in [1.54, 1.807) is 0 Å². The van der Waals surface area contributed by atoms with Gasteiger partial charge in [0.1, 0.15) is 5.75 Å². The van der Waals surface area contributed by atoms with Crippen molar-refractivity contribution < 1.29 is 30.8 Å². The summed E-state index contributed by atoms with van der Waals surface area (Å²) in [6.45, 7) is 1.38. The third kappa shape index (κ3) is 7.32. The van der Waals surface area contributed by atoms with E-state index in [9.17, 15) is 21.6 Å². The van der Waals surface area contributed by atoms with Gasteiger partial charge >= 0.3 is 6.18 Å². The number of alkyl halides is 3. The van der Waals surface area contributed by atoms with Crippen LogP contribution in [0.25, 0.3) is 0 Å². The molecule has 1 aliphatic rings. The van der Waals surface area contributed by atoms with Gasteiger partial charge < -0.3 is 14.6 Å². The Morgan fingerprint density at radius 2 is 1.91 bits per heavy atom. The molecule has 2 heterocycles. The minimum absolute atomic E-state index is 0.00865. The third-order valence-corrected chi connectivity index (χ3v) is 7.13. The van der Waals surface area contributed by atoms with Gasteiger partial charge in [0.15, 0.2) is 12.4 Å². The molecule has 1 aromatic heterocycles. The molecule has 184 valence electrons. The van der Waals surface area contributed by atoms with Gasteiger partial charge in [-0.15, -0.1) is 0 Å². The van der Waals surface area contributed by atoms with E-state index in [0.717, 1.165) is 38.5 Å². The third-order valence-electron chi connectivity index (χ3n) is 5.24. The maximum absolute atomic E-state index is 13.1. The lowest BCUT2D eigenvalue weighted by Crippen LogP contribution is -2.32. The Kier molecular flexibility index (Phi) is 8.57. The zero-order chi connectivity index (χ0) is 23.9. The summed E-state index contributed by atoms with van der Waals surface area (Å²) in [5.41, 5.74) is 0.100. The highest BCUT2D eigenvalue weighted by molar-refractivity contribution is 7.89. The van der Waals surface area contributed by atoms with Crippen LogP contribution in [0.2, 0.25) is 0 Å². The summed E-state index contributed by atoms with van der Waals surface area (Å²) in [5, 5.41) is 6.77. The normalized spacial score (nSPS) is 15.9. The van der Waals surface area contributed by atoms with Gasteiger partial charge in [-0.2, -0.15) is 22.5 Å². The van der Waals surface area contributed by atoms with E-state index >= 15 is 0 Å². The fraction of sp³-hybridized carbons (Fsp3) is 0.619. The molecule has 12 heteroatoms. The van der Waals surface area contributed by atoms with Crippen molar-refractivity contribution in [2.24, 2.45) is 0 Å². The highest BCUT2D eigenvalue weighted by Gasteiger charge is 2.30. The van der Waals surface area contributed by atoms with Crippen molar-refractivity contribution >= 4 is 15.7 Å². The van der Waals surface area contributed by atoms with E-state index in [1.165, 1.54) is 22.5 Å². The summed E-state index contributed by atoms with van der Waals surface area (Å²) in [6.07, 6.45) is 1.47. The topological polar surface area (TPSA) is 97.6 Å². The Balaban J connectivity index is 1.82. The number of ether oxygens (including phenoxy) is 1. The second kappa shape index (κ2) is 11.2. The molecule has 0 atom stereocenters. The number of hydrogen-bond acceptors (Lipinski definition) is 7. The number of unbranched alkanes of at least 4 members (excludes halogenated alkanes) is 1. The van der Waals surface area contributed by atoms with Gasteiger partial charge in [0.05, 0.1) is 17.1 Å². The van der Waals surface area contributed by atoms with Crippen molar-refractivity contribution in [2.45, 2.75) is 69.5 Å². The zero-order valence-corrected chi connectivity index (χ0v) is 19.3. The number of nitrogens with one attached hydrogen (secondary N) is 1. The van der Waals surface area contributed by atoms with E-state index in [0.29, 0.717) is 25.3 Å². The fourth-order valence-corrected chi connectivity index (χ4v) is 5.04. The van der Waals surface area contributed by atoms with Crippen LogP contribution in [0.3, 0.4) is 0 Å². The van der Waals surface area contributed by atoms with Gasteiger partial charge in [0.25, 0.3) is 0 Å². The molecule has 3 rings (SSSR count). The number of rotatable bonds is 10. The van der Waals surface area contributed by atoms with Gasteiger partial charge in [0, 0.05) is 19.5 Å². The molecule has 0 unspecified atom stereocenters. The maximum atomic E-state index is 13.1. The van der Waals surface area contributed by atoms with Crippen LogP contribution in [0.5, 0.6) is 5.75 Å². The number of sulfonamides is 1. The van der Waals surface area contributed by atoms with E-state index in [2.05, 4.69) is 15.5 Å². The Labute approximate surface area is 191 Å². The number of benzene rings is 1. The number of aromatic nitrogens is 2. The fourth-order valence-electron chi connectivity index (χ4n) is 3.49. The molecule has 1 saturated heterocycles. The minimum atomic E-state index is -4.53. The summed E-state index contributed by atoms with van der Waals surface area (Å²) in [5.74, 6) is 0.663. The second-order valence-corrected chi connectivity index (χ2v) is 9.88. The summed E-state index contributed by atoms with van der Waals surface area (Å²) < 4.78 is 75.9. The second-order valence-electron chi connectivity index (χ2n) is 7.94. The van der Waals surface area contributed by atoms with Crippen LogP contribution >= 0.6 is 0 Å². The van der Waals surface area contributed by atoms with E-state index in [-0.39, 0.29) is 28.8 Å². The van der Waals surface area contributed by atoms with Crippen molar-refractivity contribution in [3.63, 3.8) is 0 Å². The molecular formula is C21H29F3N4O4S. The van der Waals surface area contributed by atoms with Crippen LogP contribution in [0, 0.1) is 0 Å². The van der Waals surface area contributed by atoms with Crippen LogP contribution in [-0.4, -0.2) is 48.7 Å². The number of aryl methyl sites for hydroxylation is 1. The molecule has 2 aromatic rings. The SMILES string of the molecule is CCCCc1noc(CNc2cc(S(=O)(=O)N3CCCCCC3)ccc2OCC(F)(F)F)n1. The molecule has 8 nitrogen and oxygen atoms in total. The average Bonchev–Trinajstić information content (AvgIpc) is 3.03. The average molecular weight is 491 g/mol. The smallest absolute Gasteiger partial charge is 0.422 e. The number of anilines is 1. The molecular weight excluding hydrogens is 461 g/mol. The highest BCUT2D eigenvalue weighted by atomic mass is 32.2. The predicted molar refractivity (Wildman–Crippen MR) is 115 cm³/mol. The molecule has 0 spiro atoms. The molecule has 0 saturated carbocycles. The molecule has 1 fully saturated rings. The molecule has 1 aliphatic heterocycles. The minimum Gasteiger partial charge on any atom is -0.482 e. The molecule has 1 N–H and O–H groups in total. The van der Waals surface area contributed by atoms with Gasteiger partial charge in [-0.3, -0.25) is 0 Å². The lowest BCUT2D eigenvalue weighted by Gasteiger charge is -2.21. The van der Waals surface area contributed by atoms with E-state index in [4.69, 9.17) is 9.26 Å². The summed E-state index contributed by atoms with van der Waals surface area (Å²) >= 11 is 0. The van der Waals surface area contributed by atoms with Crippen molar-refractivity contribution in [3.8, 4) is 5.75 Å². The molecule has 0 bridgehead atoms. The first-order valence-electron chi connectivity index (χ1n) is 11.1. The molecule has 1 aromatic carbocycles. The number of nitrogens with zero attached hydrogens (tertiary/aromatic N) is 3. The lowest BCUT2D eigenvalue weighted by atomic mass is 10.2. The standard InChI is InChI=1S/C21H29F3N4O4S/c1-2-3-8-19-26-20(32-27-19)14-25-17-13-16(9-10-18(17)31-15-21(22,23)24)33(29,30)28-11-6-4-5-7-12-28/h9-10,13,25H,2-8,11-12,14-15H2,1H3. The summed E-state index contributed by atoms with van der Waals surface area (Å²) in [6, 6.07) is 3.80. The van der Waals surface area contributed by atoms with Crippen LogP contribution in [0.15, 0.2) is 27.6 Å². The highest BCUT2D eigenvalue weighted by Crippen LogP contribution is 2.31. The van der Waals surface area contributed by atoms with Crippen LogP contribution < -0.4 is 10.1 Å². The lowest BCUT2D eigenvalue weighted by molar-refractivity contribution is -0.153. The zero-order valence-electron chi connectivity index (χ0n) is 18.5. The van der Waals surface area contributed by atoms with Crippen LogP contribution in [0.4, 0.5) is 18.9 Å².